The minimum absolute atomic E-state index is 0.139. The van der Waals surface area contributed by atoms with Gasteiger partial charge in [-0.25, -0.2) is 0 Å². The number of hydrogen-bond donors (Lipinski definition) is 0. The van der Waals surface area contributed by atoms with Crippen LogP contribution >= 0.6 is 15.9 Å². The quantitative estimate of drug-likeness (QED) is 0.746. The van der Waals surface area contributed by atoms with Crippen molar-refractivity contribution in [1.82, 2.24) is 4.90 Å². The van der Waals surface area contributed by atoms with E-state index in [1.807, 2.05) is 53.4 Å². The molecule has 1 fully saturated rings. The molecule has 24 heavy (non-hydrogen) atoms. The minimum Gasteiger partial charge on any atom is -0.488 e. The lowest BCUT2D eigenvalue weighted by atomic mass is 9.98. The highest BCUT2D eigenvalue weighted by atomic mass is 79.9. The van der Waals surface area contributed by atoms with Gasteiger partial charge in [-0.15, -0.1) is 0 Å². The van der Waals surface area contributed by atoms with Crippen molar-refractivity contribution in [1.29, 1.82) is 0 Å². The summed E-state index contributed by atoms with van der Waals surface area (Å²) in [5, 5.41) is 0. The van der Waals surface area contributed by atoms with Gasteiger partial charge >= 0.3 is 0 Å². The van der Waals surface area contributed by atoms with Gasteiger partial charge in [-0.05, 0) is 64.5 Å². The summed E-state index contributed by atoms with van der Waals surface area (Å²) >= 11 is 3.47. The zero-order valence-corrected chi connectivity index (χ0v) is 15.5. The Labute approximate surface area is 151 Å². The third kappa shape index (κ3) is 4.18. The summed E-state index contributed by atoms with van der Waals surface area (Å²) in [7, 11) is 0. The molecule has 126 valence electrons. The lowest BCUT2D eigenvalue weighted by Crippen LogP contribution is -2.37. The molecule has 0 spiro atoms. The Hall–Kier alpha value is -1.81. The fourth-order valence-electron chi connectivity index (χ4n) is 2.86. The van der Waals surface area contributed by atoms with E-state index in [0.717, 1.165) is 53.2 Å². The maximum absolute atomic E-state index is 12.5. The number of likely N-dealkylation sites (tertiary alicyclic amines) is 1. The van der Waals surface area contributed by atoms with Crippen molar-refractivity contribution < 1.29 is 9.53 Å². The highest BCUT2D eigenvalue weighted by molar-refractivity contribution is 9.10. The summed E-state index contributed by atoms with van der Waals surface area (Å²) in [6.45, 7) is 4.47. The lowest BCUT2D eigenvalue weighted by molar-refractivity contribution is 0.0697. The van der Waals surface area contributed by atoms with Crippen LogP contribution in [0.1, 0.15) is 35.7 Å². The van der Waals surface area contributed by atoms with E-state index in [0.29, 0.717) is 6.61 Å². The van der Waals surface area contributed by atoms with Crippen molar-refractivity contribution in [3.63, 3.8) is 0 Å². The maximum Gasteiger partial charge on any atom is 0.253 e. The molecule has 1 aliphatic heterocycles. The van der Waals surface area contributed by atoms with Crippen LogP contribution in [-0.4, -0.2) is 23.9 Å². The summed E-state index contributed by atoms with van der Waals surface area (Å²) in [5.41, 5.74) is 1.81. The number of halogens is 1. The molecule has 0 atom stereocenters. The summed E-state index contributed by atoms with van der Waals surface area (Å²) in [6.07, 6.45) is 2.20. The molecule has 0 aromatic heterocycles. The molecule has 1 heterocycles. The van der Waals surface area contributed by atoms with E-state index < -0.39 is 0 Å². The van der Waals surface area contributed by atoms with Crippen LogP contribution in [0.3, 0.4) is 0 Å². The normalized spacial score (nSPS) is 15.3. The summed E-state index contributed by atoms with van der Waals surface area (Å²) in [5.74, 6) is 1.69. The highest BCUT2D eigenvalue weighted by Gasteiger charge is 2.21. The van der Waals surface area contributed by atoms with E-state index in [4.69, 9.17) is 4.74 Å². The van der Waals surface area contributed by atoms with Gasteiger partial charge in [0.25, 0.3) is 5.91 Å². The molecule has 1 amide bonds. The molecule has 0 unspecified atom stereocenters. The second-order valence-corrected chi connectivity index (χ2v) is 7.25. The molecule has 0 saturated carbocycles. The monoisotopic (exact) mass is 387 g/mol. The molecular weight excluding hydrogens is 366 g/mol. The SMILES string of the molecule is CC1CCN(C(=O)c2ccc(COc3ccccc3Br)cc2)CC1. The van der Waals surface area contributed by atoms with Gasteiger partial charge < -0.3 is 9.64 Å². The molecule has 0 radical (unpaired) electrons. The highest BCUT2D eigenvalue weighted by Crippen LogP contribution is 2.25. The molecule has 2 aromatic rings. The molecule has 0 N–H and O–H groups in total. The standard InChI is InChI=1S/C20H22BrNO2/c1-15-10-12-22(13-11-15)20(23)17-8-6-16(7-9-17)14-24-19-5-3-2-4-18(19)21/h2-9,15H,10-14H2,1H3. The number of benzene rings is 2. The second kappa shape index (κ2) is 7.84. The van der Waals surface area contributed by atoms with Crippen molar-refractivity contribution in [2.45, 2.75) is 26.4 Å². The number of ether oxygens (including phenoxy) is 1. The van der Waals surface area contributed by atoms with Crippen molar-refractivity contribution in [3.8, 4) is 5.75 Å². The molecule has 4 heteroatoms. The molecule has 2 aromatic carbocycles. The molecule has 1 saturated heterocycles. The van der Waals surface area contributed by atoms with E-state index in [1.165, 1.54) is 0 Å². The third-order valence-electron chi connectivity index (χ3n) is 4.50. The first kappa shape index (κ1) is 17.0. The lowest BCUT2D eigenvalue weighted by Gasteiger charge is -2.30. The zero-order chi connectivity index (χ0) is 16.9. The average Bonchev–Trinajstić information content (AvgIpc) is 2.62. The van der Waals surface area contributed by atoms with Gasteiger partial charge in [0.1, 0.15) is 12.4 Å². The Bertz CT molecular complexity index is 691. The molecule has 0 aliphatic carbocycles. The smallest absolute Gasteiger partial charge is 0.253 e. The van der Waals surface area contributed by atoms with E-state index in [-0.39, 0.29) is 5.91 Å². The first-order valence-corrected chi connectivity index (χ1v) is 9.18. The van der Waals surface area contributed by atoms with E-state index in [1.54, 1.807) is 0 Å². The Balaban J connectivity index is 1.59. The number of para-hydroxylation sites is 1. The van der Waals surface area contributed by atoms with Gasteiger partial charge in [0.2, 0.25) is 0 Å². The van der Waals surface area contributed by atoms with Crippen molar-refractivity contribution in [2.75, 3.05) is 13.1 Å². The predicted molar refractivity (Wildman–Crippen MR) is 99.2 cm³/mol. The minimum atomic E-state index is 0.139. The van der Waals surface area contributed by atoms with Crippen LogP contribution in [0.5, 0.6) is 5.75 Å². The van der Waals surface area contributed by atoms with Crippen LogP contribution in [-0.2, 0) is 6.61 Å². The average molecular weight is 388 g/mol. The number of nitrogens with zero attached hydrogens (tertiary/aromatic N) is 1. The van der Waals surface area contributed by atoms with Gasteiger partial charge in [-0.3, -0.25) is 4.79 Å². The summed E-state index contributed by atoms with van der Waals surface area (Å²) in [4.78, 5) is 14.5. The topological polar surface area (TPSA) is 29.5 Å². The fourth-order valence-corrected chi connectivity index (χ4v) is 3.26. The largest absolute Gasteiger partial charge is 0.488 e. The number of piperidine rings is 1. The van der Waals surface area contributed by atoms with Crippen LogP contribution in [0.2, 0.25) is 0 Å². The van der Waals surface area contributed by atoms with Crippen LogP contribution in [0, 0.1) is 5.92 Å². The van der Waals surface area contributed by atoms with Gasteiger partial charge in [-0.1, -0.05) is 31.2 Å². The molecule has 1 aliphatic rings. The van der Waals surface area contributed by atoms with Gasteiger partial charge in [0.15, 0.2) is 0 Å². The molecule has 0 bridgehead atoms. The Morgan fingerprint density at radius 2 is 1.79 bits per heavy atom. The van der Waals surface area contributed by atoms with Crippen molar-refractivity contribution >= 4 is 21.8 Å². The van der Waals surface area contributed by atoms with Gasteiger partial charge in [-0.2, -0.15) is 0 Å². The fraction of sp³-hybridized carbons (Fsp3) is 0.350. The van der Waals surface area contributed by atoms with E-state index >= 15 is 0 Å². The van der Waals surface area contributed by atoms with Crippen LogP contribution in [0.25, 0.3) is 0 Å². The number of carbonyl (C=O) groups excluding carboxylic acids is 1. The molecule has 3 rings (SSSR count). The molecular formula is C20H22BrNO2. The first-order valence-electron chi connectivity index (χ1n) is 8.39. The van der Waals surface area contributed by atoms with Crippen LogP contribution in [0.15, 0.2) is 53.0 Å². The van der Waals surface area contributed by atoms with Gasteiger partial charge in [0.05, 0.1) is 4.47 Å². The Morgan fingerprint density at radius 3 is 2.46 bits per heavy atom. The van der Waals surface area contributed by atoms with E-state index in [2.05, 4.69) is 22.9 Å². The number of hydrogen-bond acceptors (Lipinski definition) is 2. The van der Waals surface area contributed by atoms with Crippen LogP contribution in [0.4, 0.5) is 0 Å². The predicted octanol–water partition coefficient (Wildman–Crippen LogP) is 4.90. The van der Waals surface area contributed by atoms with E-state index in [9.17, 15) is 4.79 Å². The van der Waals surface area contributed by atoms with Crippen molar-refractivity contribution in [3.05, 3.63) is 64.1 Å². The maximum atomic E-state index is 12.5. The number of carbonyl (C=O) groups is 1. The van der Waals surface area contributed by atoms with Gasteiger partial charge in [0, 0.05) is 18.7 Å². The number of amides is 1. The molecule has 3 nitrogen and oxygen atoms in total. The van der Waals surface area contributed by atoms with Crippen LogP contribution < -0.4 is 4.74 Å². The number of rotatable bonds is 4. The third-order valence-corrected chi connectivity index (χ3v) is 5.16. The summed E-state index contributed by atoms with van der Waals surface area (Å²) in [6, 6.07) is 15.5. The summed E-state index contributed by atoms with van der Waals surface area (Å²) < 4.78 is 6.75. The first-order chi connectivity index (χ1) is 11.6. The Morgan fingerprint density at radius 1 is 1.12 bits per heavy atom. The zero-order valence-electron chi connectivity index (χ0n) is 13.9. The Kier molecular flexibility index (Phi) is 5.56. The second-order valence-electron chi connectivity index (χ2n) is 6.39. The van der Waals surface area contributed by atoms with Crippen molar-refractivity contribution in [2.24, 2.45) is 5.92 Å².